The lowest BCUT2D eigenvalue weighted by molar-refractivity contribution is -0.142. The molecule has 0 aromatic heterocycles. The van der Waals surface area contributed by atoms with E-state index in [2.05, 4.69) is 27.3 Å². The minimum atomic E-state index is -1.37. The van der Waals surface area contributed by atoms with Crippen molar-refractivity contribution in [1.82, 2.24) is 15.5 Å². The van der Waals surface area contributed by atoms with Gasteiger partial charge in [-0.25, -0.2) is 4.79 Å². The summed E-state index contributed by atoms with van der Waals surface area (Å²) in [6.07, 6.45) is 10.3. The molecule has 2 N–H and O–H groups in total. The number of hydrogen-bond acceptors (Lipinski definition) is 6. The Kier molecular flexibility index (Phi) is 9.30. The Morgan fingerprint density at radius 1 is 1.16 bits per heavy atom. The lowest BCUT2D eigenvalue weighted by Gasteiger charge is -2.29. The van der Waals surface area contributed by atoms with E-state index >= 15 is 0 Å². The van der Waals surface area contributed by atoms with Crippen molar-refractivity contribution in [3.63, 3.8) is 0 Å². The highest BCUT2D eigenvalue weighted by Gasteiger charge is 2.35. The van der Waals surface area contributed by atoms with Crippen LogP contribution in [-0.4, -0.2) is 54.1 Å². The van der Waals surface area contributed by atoms with Crippen molar-refractivity contribution in [3.05, 3.63) is 35.4 Å². The number of rotatable bonds is 7. The van der Waals surface area contributed by atoms with Crippen LogP contribution in [0, 0.1) is 24.8 Å². The number of ether oxygens (including phenoxy) is 2. The fourth-order valence-electron chi connectivity index (χ4n) is 2.61. The second kappa shape index (κ2) is 11.4. The molecule has 170 valence electrons. The van der Waals surface area contributed by atoms with E-state index in [1.165, 1.54) is 14.0 Å². The smallest absolute Gasteiger partial charge is 0.408 e. The Balaban J connectivity index is 3.27. The highest BCUT2D eigenvalue weighted by molar-refractivity contribution is 5.94. The number of hydrogen-bond donors (Lipinski definition) is 2. The highest BCUT2D eigenvalue weighted by Crippen LogP contribution is 2.25. The van der Waals surface area contributed by atoms with Crippen LogP contribution < -0.4 is 10.6 Å². The fourth-order valence-corrected chi connectivity index (χ4v) is 2.61. The largest absolute Gasteiger partial charge is 0.468 e. The summed E-state index contributed by atoms with van der Waals surface area (Å²) in [7, 11) is 1.17. The van der Waals surface area contributed by atoms with Crippen LogP contribution in [0.3, 0.4) is 0 Å². The van der Waals surface area contributed by atoms with Gasteiger partial charge in [0.1, 0.15) is 24.2 Å². The summed E-state index contributed by atoms with van der Waals surface area (Å²) in [5.74, 6) is 0.234. The maximum Gasteiger partial charge on any atom is 0.408 e. The summed E-state index contributed by atoms with van der Waals surface area (Å²) in [6, 6.07) is 6.10. The zero-order valence-electron chi connectivity index (χ0n) is 18.7. The molecule has 0 bridgehead atoms. The van der Waals surface area contributed by atoms with Gasteiger partial charge in [0.05, 0.1) is 7.11 Å². The molecule has 1 aromatic rings. The molecule has 0 aliphatic heterocycles. The SMILES string of the molecule is C#Cc1ccccc1C(C(=O)NCC(=O)OC)N(C#C)C(=O)C(C)NC(=O)OC(C)(C)C. The number of carbonyl (C=O) groups is 4. The van der Waals surface area contributed by atoms with Crippen LogP contribution in [0.25, 0.3) is 0 Å². The molecule has 32 heavy (non-hydrogen) atoms. The number of carbonyl (C=O) groups excluding carboxylic acids is 4. The number of nitrogens with one attached hydrogen (secondary N) is 2. The Hall–Kier alpha value is -3.98. The maximum atomic E-state index is 13.1. The highest BCUT2D eigenvalue weighted by atomic mass is 16.6. The van der Waals surface area contributed by atoms with E-state index in [0.29, 0.717) is 5.56 Å². The number of esters is 1. The average molecular weight is 441 g/mol. The zero-order valence-corrected chi connectivity index (χ0v) is 18.7. The molecule has 9 heteroatoms. The first-order chi connectivity index (χ1) is 14.9. The normalized spacial score (nSPS) is 12.2. The van der Waals surface area contributed by atoms with Crippen molar-refractivity contribution in [2.75, 3.05) is 13.7 Å². The monoisotopic (exact) mass is 441 g/mol. The van der Waals surface area contributed by atoms with Gasteiger partial charge in [0, 0.05) is 17.2 Å². The van der Waals surface area contributed by atoms with E-state index in [9.17, 15) is 19.2 Å². The maximum absolute atomic E-state index is 13.1. The molecule has 0 spiro atoms. The van der Waals surface area contributed by atoms with Crippen molar-refractivity contribution in [2.24, 2.45) is 0 Å². The van der Waals surface area contributed by atoms with Crippen LogP contribution >= 0.6 is 0 Å². The van der Waals surface area contributed by atoms with Crippen molar-refractivity contribution < 1.29 is 28.7 Å². The molecule has 2 atom stereocenters. The average Bonchev–Trinajstić information content (AvgIpc) is 2.73. The van der Waals surface area contributed by atoms with E-state index < -0.39 is 48.1 Å². The molecule has 0 saturated carbocycles. The minimum absolute atomic E-state index is 0.271. The molecule has 0 heterocycles. The van der Waals surface area contributed by atoms with Crippen LogP contribution in [-0.2, 0) is 23.9 Å². The third-order valence-electron chi connectivity index (χ3n) is 4.03. The van der Waals surface area contributed by atoms with Crippen LogP contribution in [0.4, 0.5) is 4.79 Å². The van der Waals surface area contributed by atoms with Gasteiger partial charge in [-0.2, -0.15) is 0 Å². The van der Waals surface area contributed by atoms with Crippen molar-refractivity contribution in [1.29, 1.82) is 0 Å². The number of benzene rings is 1. The van der Waals surface area contributed by atoms with Crippen LogP contribution in [0.15, 0.2) is 24.3 Å². The van der Waals surface area contributed by atoms with E-state index in [1.807, 2.05) is 0 Å². The molecule has 1 aromatic carbocycles. The van der Waals surface area contributed by atoms with Crippen molar-refractivity contribution >= 4 is 23.9 Å². The molecule has 0 fully saturated rings. The zero-order chi connectivity index (χ0) is 24.5. The molecule has 9 nitrogen and oxygen atoms in total. The van der Waals surface area contributed by atoms with Gasteiger partial charge in [-0.1, -0.05) is 30.5 Å². The molecule has 0 saturated heterocycles. The Bertz CT molecular complexity index is 952. The number of methoxy groups -OCH3 is 1. The molecule has 3 amide bonds. The summed E-state index contributed by atoms with van der Waals surface area (Å²) < 4.78 is 9.67. The van der Waals surface area contributed by atoms with Gasteiger partial charge in [0.15, 0.2) is 0 Å². The summed E-state index contributed by atoms with van der Waals surface area (Å²) in [5, 5.41) is 4.77. The minimum Gasteiger partial charge on any atom is -0.468 e. The summed E-state index contributed by atoms with van der Waals surface area (Å²) >= 11 is 0. The molecular weight excluding hydrogens is 414 g/mol. The molecule has 0 aliphatic rings. The third-order valence-corrected chi connectivity index (χ3v) is 4.03. The Labute approximate surface area is 187 Å². The first-order valence-electron chi connectivity index (χ1n) is 9.64. The number of amides is 3. The van der Waals surface area contributed by atoms with Crippen LogP contribution in [0.2, 0.25) is 0 Å². The predicted octanol–water partition coefficient (Wildman–Crippen LogP) is 1.33. The lowest BCUT2D eigenvalue weighted by atomic mass is 9.98. The first kappa shape index (κ1) is 26.1. The number of nitrogens with zero attached hydrogens (tertiary/aromatic N) is 1. The first-order valence-corrected chi connectivity index (χ1v) is 9.64. The lowest BCUT2D eigenvalue weighted by Crippen LogP contribution is -2.50. The molecule has 1 rings (SSSR count). The molecule has 2 unspecified atom stereocenters. The summed E-state index contributed by atoms with van der Waals surface area (Å²) in [5.41, 5.74) is -0.180. The van der Waals surface area contributed by atoms with E-state index in [1.54, 1.807) is 45.0 Å². The second-order valence-electron chi connectivity index (χ2n) is 7.63. The van der Waals surface area contributed by atoms with Gasteiger partial charge in [-0.15, -0.1) is 6.42 Å². The fraction of sp³-hybridized carbons (Fsp3) is 0.391. The Morgan fingerprint density at radius 3 is 2.31 bits per heavy atom. The molecule has 0 radical (unpaired) electrons. The van der Waals surface area contributed by atoms with E-state index in [0.717, 1.165) is 4.90 Å². The van der Waals surface area contributed by atoms with Gasteiger partial charge < -0.3 is 20.1 Å². The van der Waals surface area contributed by atoms with Gasteiger partial charge in [0.2, 0.25) is 5.91 Å². The van der Waals surface area contributed by atoms with Gasteiger partial charge in [-0.3, -0.25) is 19.3 Å². The number of alkyl carbamates (subject to hydrolysis) is 1. The quantitative estimate of drug-likeness (QED) is 0.375. The van der Waals surface area contributed by atoms with Gasteiger partial charge in [-0.05, 0) is 33.8 Å². The van der Waals surface area contributed by atoms with Crippen molar-refractivity contribution in [2.45, 2.75) is 45.4 Å². The second-order valence-corrected chi connectivity index (χ2v) is 7.63. The predicted molar refractivity (Wildman–Crippen MR) is 117 cm³/mol. The summed E-state index contributed by atoms with van der Waals surface area (Å²) in [6.45, 7) is 5.97. The molecule has 0 aliphatic carbocycles. The molecular formula is C23H27N3O6. The van der Waals surface area contributed by atoms with Gasteiger partial charge >= 0.3 is 12.1 Å². The number of terminal acetylenes is 2. The standard InChI is InChI=1S/C23H27N3O6/c1-8-16-12-10-11-13-17(16)19(20(28)24-14-18(27)31-7)26(9-2)21(29)15(3)25-22(30)32-23(4,5)6/h1-2,10-13,15,19H,14H2,3-7H3,(H,24,28)(H,25,30). The summed E-state index contributed by atoms with van der Waals surface area (Å²) in [4.78, 5) is 50.4. The van der Waals surface area contributed by atoms with Gasteiger partial charge in [0.25, 0.3) is 5.91 Å². The van der Waals surface area contributed by atoms with Crippen molar-refractivity contribution in [3.8, 4) is 24.8 Å². The topological polar surface area (TPSA) is 114 Å². The van der Waals surface area contributed by atoms with Crippen LogP contribution in [0.1, 0.15) is 44.9 Å². The van der Waals surface area contributed by atoms with Crippen LogP contribution in [0.5, 0.6) is 0 Å². The Morgan fingerprint density at radius 2 is 1.78 bits per heavy atom. The third kappa shape index (κ3) is 7.37. The van der Waals surface area contributed by atoms with E-state index in [4.69, 9.17) is 17.6 Å². The van der Waals surface area contributed by atoms with E-state index in [-0.39, 0.29) is 5.56 Å².